The number of rotatable bonds is 4. The summed E-state index contributed by atoms with van der Waals surface area (Å²) >= 11 is 0. The highest BCUT2D eigenvalue weighted by Gasteiger charge is 2.47. The van der Waals surface area contributed by atoms with E-state index in [1.54, 1.807) is 0 Å². The lowest BCUT2D eigenvalue weighted by atomic mass is 9.87. The summed E-state index contributed by atoms with van der Waals surface area (Å²) in [7, 11) is 0. The van der Waals surface area contributed by atoms with Crippen LogP contribution in [0.5, 0.6) is 0 Å². The lowest BCUT2D eigenvalue weighted by Gasteiger charge is -2.30. The smallest absolute Gasteiger partial charge is 0.254 e. The van der Waals surface area contributed by atoms with Crippen LogP contribution in [0.2, 0.25) is 0 Å². The molecule has 1 N–H and O–H groups in total. The van der Waals surface area contributed by atoms with Gasteiger partial charge in [0.15, 0.2) is 0 Å². The summed E-state index contributed by atoms with van der Waals surface area (Å²) in [5.74, 6) is 1.13. The number of carbonyl (C=O) groups is 1. The normalized spacial score (nSPS) is 22.7. The van der Waals surface area contributed by atoms with Crippen molar-refractivity contribution in [1.82, 2.24) is 20.0 Å². The Bertz CT molecular complexity index is 1120. The molecule has 2 fully saturated rings. The molecule has 3 heterocycles. The number of hydrogen-bond acceptors (Lipinski definition) is 3. The van der Waals surface area contributed by atoms with E-state index >= 15 is 0 Å². The number of amides is 1. The third-order valence-electron chi connectivity index (χ3n) is 6.94. The van der Waals surface area contributed by atoms with E-state index in [0.717, 1.165) is 42.1 Å². The Morgan fingerprint density at radius 2 is 1.90 bits per heavy atom. The molecule has 2 saturated heterocycles. The summed E-state index contributed by atoms with van der Waals surface area (Å²) in [5, 5.41) is 8.11. The maximum atomic E-state index is 13.7. The molecule has 0 bridgehead atoms. The highest BCUT2D eigenvalue weighted by atomic mass is 16.2. The van der Waals surface area contributed by atoms with Gasteiger partial charge in [-0.25, -0.2) is 0 Å². The second-order valence-electron chi connectivity index (χ2n) is 9.13. The van der Waals surface area contributed by atoms with Gasteiger partial charge in [-0.05, 0) is 61.6 Å². The Morgan fingerprint density at radius 3 is 2.68 bits per heavy atom. The van der Waals surface area contributed by atoms with Gasteiger partial charge in [0.25, 0.3) is 5.91 Å². The van der Waals surface area contributed by atoms with Gasteiger partial charge in [0, 0.05) is 36.8 Å². The highest BCUT2D eigenvalue weighted by Crippen LogP contribution is 2.44. The van der Waals surface area contributed by atoms with Gasteiger partial charge >= 0.3 is 0 Å². The third kappa shape index (κ3) is 3.68. The molecule has 1 amide bonds. The molecule has 160 valence electrons. The molecule has 3 atom stereocenters. The molecule has 2 aliphatic heterocycles. The fourth-order valence-electron chi connectivity index (χ4n) is 5.42. The molecule has 2 aliphatic rings. The van der Waals surface area contributed by atoms with Gasteiger partial charge in [-0.3, -0.25) is 9.48 Å². The second kappa shape index (κ2) is 7.97. The van der Waals surface area contributed by atoms with E-state index in [2.05, 4.69) is 65.6 Å². The summed E-state index contributed by atoms with van der Waals surface area (Å²) in [6.45, 7) is 9.70. The molecule has 3 aromatic rings. The molecule has 0 unspecified atom stereocenters. The fraction of sp³-hybridized carbons (Fsp3) is 0.385. The first-order valence-corrected chi connectivity index (χ1v) is 11.2. The van der Waals surface area contributed by atoms with E-state index < -0.39 is 0 Å². The molecule has 0 radical (unpaired) electrons. The first kappa shape index (κ1) is 20.0. The standard InChI is InChI=1S/C26H30N4O/c1-17-7-4-5-10-23(17)25-24-14-27-13-22(24)16-29(25)26(31)21-9-6-8-20(12-21)15-30-19(3)11-18(2)28-30/h4-12,22,24-25,27H,13-16H2,1-3H3/t22-,24-,25+/m0/s1. The lowest BCUT2D eigenvalue weighted by Crippen LogP contribution is -2.35. The van der Waals surface area contributed by atoms with Crippen LogP contribution in [-0.4, -0.2) is 40.2 Å². The Morgan fingerprint density at radius 1 is 1.06 bits per heavy atom. The van der Waals surface area contributed by atoms with Crippen LogP contribution in [0.4, 0.5) is 0 Å². The Hall–Kier alpha value is -2.92. The summed E-state index contributed by atoms with van der Waals surface area (Å²) in [4.78, 5) is 15.9. The van der Waals surface area contributed by atoms with E-state index in [9.17, 15) is 4.79 Å². The average molecular weight is 415 g/mol. The number of aryl methyl sites for hydroxylation is 3. The van der Waals surface area contributed by atoms with Crippen LogP contribution in [0.3, 0.4) is 0 Å². The van der Waals surface area contributed by atoms with Crippen molar-refractivity contribution in [2.75, 3.05) is 19.6 Å². The van der Waals surface area contributed by atoms with Gasteiger partial charge in [-0.2, -0.15) is 5.10 Å². The van der Waals surface area contributed by atoms with Crippen molar-refractivity contribution >= 4 is 5.91 Å². The molecule has 5 nitrogen and oxygen atoms in total. The van der Waals surface area contributed by atoms with Crippen LogP contribution in [0.25, 0.3) is 0 Å². The largest absolute Gasteiger partial charge is 0.331 e. The van der Waals surface area contributed by atoms with Gasteiger partial charge in [0.05, 0.1) is 18.3 Å². The number of benzene rings is 2. The number of carbonyl (C=O) groups excluding carboxylic acids is 1. The predicted molar refractivity (Wildman–Crippen MR) is 122 cm³/mol. The molecule has 0 spiro atoms. The number of likely N-dealkylation sites (tertiary alicyclic amines) is 1. The minimum absolute atomic E-state index is 0.133. The number of nitrogens with zero attached hydrogens (tertiary/aromatic N) is 3. The van der Waals surface area contributed by atoms with Crippen molar-refractivity contribution < 1.29 is 4.79 Å². The topological polar surface area (TPSA) is 50.2 Å². The Kier molecular flexibility index (Phi) is 5.14. The summed E-state index contributed by atoms with van der Waals surface area (Å²) in [5.41, 5.74) is 6.56. The third-order valence-corrected chi connectivity index (χ3v) is 6.94. The number of aromatic nitrogens is 2. The van der Waals surface area contributed by atoms with Crippen LogP contribution < -0.4 is 5.32 Å². The number of nitrogens with one attached hydrogen (secondary N) is 1. The molecule has 31 heavy (non-hydrogen) atoms. The van der Waals surface area contributed by atoms with Gasteiger partial charge in [-0.15, -0.1) is 0 Å². The quantitative estimate of drug-likeness (QED) is 0.705. The molecule has 1 aromatic heterocycles. The monoisotopic (exact) mass is 414 g/mol. The summed E-state index contributed by atoms with van der Waals surface area (Å²) < 4.78 is 2.00. The zero-order valence-electron chi connectivity index (χ0n) is 18.5. The lowest BCUT2D eigenvalue weighted by molar-refractivity contribution is 0.0713. The summed E-state index contributed by atoms with van der Waals surface area (Å²) in [6, 6.07) is 18.8. The SMILES string of the molecule is Cc1cc(C)n(Cc2cccc(C(=O)N3C[C@@H]4CNC[C@@H]4[C@H]3c3ccccc3C)c2)n1. The molecule has 0 aliphatic carbocycles. The highest BCUT2D eigenvalue weighted by molar-refractivity contribution is 5.95. The Balaban J connectivity index is 1.45. The van der Waals surface area contributed by atoms with Gasteiger partial charge in [-0.1, -0.05) is 36.4 Å². The van der Waals surface area contributed by atoms with E-state index in [4.69, 9.17) is 0 Å². The van der Waals surface area contributed by atoms with Gasteiger partial charge in [0.2, 0.25) is 0 Å². The maximum absolute atomic E-state index is 13.7. The van der Waals surface area contributed by atoms with Crippen molar-refractivity contribution in [3.63, 3.8) is 0 Å². The molecular formula is C26H30N4O. The summed E-state index contributed by atoms with van der Waals surface area (Å²) in [6.07, 6.45) is 0. The molecule has 5 rings (SSSR count). The maximum Gasteiger partial charge on any atom is 0.254 e. The minimum atomic E-state index is 0.133. The zero-order valence-corrected chi connectivity index (χ0v) is 18.5. The average Bonchev–Trinajstić information content (AvgIpc) is 3.43. The van der Waals surface area contributed by atoms with Crippen molar-refractivity contribution in [1.29, 1.82) is 0 Å². The zero-order chi connectivity index (χ0) is 21.5. The van der Waals surface area contributed by atoms with E-state index in [0.29, 0.717) is 18.4 Å². The fourth-order valence-corrected chi connectivity index (χ4v) is 5.42. The molecule has 2 aromatic carbocycles. The van der Waals surface area contributed by atoms with Crippen LogP contribution in [0, 0.1) is 32.6 Å². The van der Waals surface area contributed by atoms with E-state index in [1.165, 1.54) is 11.1 Å². The van der Waals surface area contributed by atoms with Gasteiger partial charge < -0.3 is 10.2 Å². The van der Waals surface area contributed by atoms with E-state index in [-0.39, 0.29) is 11.9 Å². The van der Waals surface area contributed by atoms with Crippen molar-refractivity contribution in [2.24, 2.45) is 11.8 Å². The van der Waals surface area contributed by atoms with Crippen LogP contribution >= 0.6 is 0 Å². The molecular weight excluding hydrogens is 384 g/mol. The Labute approximate surface area is 184 Å². The van der Waals surface area contributed by atoms with Crippen molar-refractivity contribution in [3.05, 3.63) is 88.2 Å². The first-order valence-electron chi connectivity index (χ1n) is 11.2. The van der Waals surface area contributed by atoms with Crippen LogP contribution in [-0.2, 0) is 6.54 Å². The van der Waals surface area contributed by atoms with Crippen LogP contribution in [0.15, 0.2) is 54.6 Å². The molecule has 0 saturated carbocycles. The number of hydrogen-bond donors (Lipinski definition) is 1. The first-order chi connectivity index (χ1) is 15.0. The minimum Gasteiger partial charge on any atom is -0.331 e. The second-order valence-corrected chi connectivity index (χ2v) is 9.13. The molecule has 5 heteroatoms. The van der Waals surface area contributed by atoms with E-state index in [1.807, 2.05) is 29.8 Å². The number of fused-ring (bicyclic) bond motifs is 1. The van der Waals surface area contributed by atoms with Crippen molar-refractivity contribution in [2.45, 2.75) is 33.4 Å². The predicted octanol–water partition coefficient (Wildman–Crippen LogP) is 3.89. The van der Waals surface area contributed by atoms with Crippen LogP contribution in [0.1, 0.15) is 44.5 Å². The van der Waals surface area contributed by atoms with Gasteiger partial charge in [0.1, 0.15) is 0 Å². The van der Waals surface area contributed by atoms with Crippen molar-refractivity contribution in [3.8, 4) is 0 Å².